The molecule has 1 aromatic carbocycles. The Morgan fingerprint density at radius 3 is 2.40 bits per heavy atom. The van der Waals surface area contributed by atoms with Crippen molar-refractivity contribution in [3.63, 3.8) is 0 Å². The maximum absolute atomic E-state index is 11.3. The summed E-state index contributed by atoms with van der Waals surface area (Å²) in [5, 5.41) is 0. The monoisotopic (exact) mass is 254 g/mol. The molecule has 15 heavy (non-hydrogen) atoms. The average Bonchev–Trinajstić information content (AvgIpc) is 2.16. The molecule has 0 unspecified atom stereocenters. The Bertz CT molecular complexity index is 367. The van der Waals surface area contributed by atoms with Gasteiger partial charge in [0.15, 0.2) is 0 Å². The topological polar surface area (TPSA) is 43.4 Å². The Morgan fingerprint density at radius 1 is 1.27 bits per heavy atom. The van der Waals surface area contributed by atoms with Crippen LogP contribution in [0.2, 0.25) is 0 Å². The molecule has 0 fully saturated rings. The van der Waals surface area contributed by atoms with Gasteiger partial charge in [0, 0.05) is 0 Å². The van der Waals surface area contributed by atoms with E-state index in [1.54, 1.807) is 24.3 Å². The number of hydrogen-bond donors (Lipinski definition) is 0. The van der Waals surface area contributed by atoms with Crippen molar-refractivity contribution in [2.75, 3.05) is 5.75 Å². The van der Waals surface area contributed by atoms with Gasteiger partial charge in [-0.3, -0.25) is 0 Å². The van der Waals surface area contributed by atoms with Gasteiger partial charge in [0.2, 0.25) is 0 Å². The van der Waals surface area contributed by atoms with E-state index in [9.17, 15) is 8.42 Å². The van der Waals surface area contributed by atoms with E-state index in [0.717, 1.165) is 6.42 Å². The Kier molecular flexibility index (Phi) is 8.13. The molecule has 0 aliphatic rings. The van der Waals surface area contributed by atoms with Crippen LogP contribution in [0.25, 0.3) is 0 Å². The van der Waals surface area contributed by atoms with Crippen molar-refractivity contribution in [3.05, 3.63) is 30.3 Å². The molecule has 0 spiro atoms. The molecular weight excluding hydrogens is 239 g/mol. The molecule has 1 aromatic rings. The van der Waals surface area contributed by atoms with E-state index in [4.69, 9.17) is 4.18 Å². The summed E-state index contributed by atoms with van der Waals surface area (Å²) in [6.07, 6.45) is 1.48. The van der Waals surface area contributed by atoms with Crippen LogP contribution in [0.1, 0.15) is 21.2 Å². The van der Waals surface area contributed by atoms with Gasteiger partial charge < -0.3 is 5.61 Å². The summed E-state index contributed by atoms with van der Waals surface area (Å²) in [6.45, 7) is 1.94. The second kappa shape index (κ2) is 7.81. The first-order valence-corrected chi connectivity index (χ1v) is 6.19. The smallest absolute Gasteiger partial charge is 1.00 e. The largest absolute Gasteiger partial charge is 1.00 e. The van der Waals surface area contributed by atoms with Crippen molar-refractivity contribution in [1.82, 2.24) is 0 Å². The van der Waals surface area contributed by atoms with Crippen molar-refractivity contribution in [3.8, 4) is 5.75 Å². The zero-order valence-corrected chi connectivity index (χ0v) is 13.1. The summed E-state index contributed by atoms with van der Waals surface area (Å²) in [7, 11) is -3.40. The number of hydrogen-bond acceptors (Lipinski definition) is 3. The summed E-state index contributed by atoms with van der Waals surface area (Å²) in [5.74, 6) is 0.460. The van der Waals surface area contributed by atoms with Crippen LogP contribution in [0.5, 0.6) is 5.75 Å². The molecule has 0 aliphatic heterocycles. The van der Waals surface area contributed by atoms with Crippen LogP contribution < -0.4 is 55.6 Å². The predicted molar refractivity (Wildman–Crippen MR) is 56.9 cm³/mol. The SMILES string of the molecule is CCCCS(=O)(=O)Oc1ccccc1.[H-].[K+]. The van der Waals surface area contributed by atoms with E-state index < -0.39 is 10.1 Å². The second-order valence-electron chi connectivity index (χ2n) is 3.01. The molecular formula is C10H15KO3S. The van der Waals surface area contributed by atoms with Crippen molar-refractivity contribution in [2.45, 2.75) is 19.8 Å². The quantitative estimate of drug-likeness (QED) is 0.516. The minimum Gasteiger partial charge on any atom is -1.00 e. The molecule has 0 N–H and O–H groups in total. The van der Waals surface area contributed by atoms with Crippen LogP contribution in [-0.4, -0.2) is 14.2 Å². The van der Waals surface area contributed by atoms with Gasteiger partial charge >= 0.3 is 61.5 Å². The van der Waals surface area contributed by atoms with Crippen molar-refractivity contribution in [1.29, 1.82) is 0 Å². The first-order valence-electron chi connectivity index (χ1n) is 4.61. The minimum atomic E-state index is -3.40. The van der Waals surface area contributed by atoms with E-state index in [0.29, 0.717) is 12.2 Å². The molecule has 0 aliphatic carbocycles. The number of unbranched alkanes of at least 4 members (excludes halogenated alkanes) is 1. The maximum atomic E-state index is 11.3. The molecule has 80 valence electrons. The summed E-state index contributed by atoms with van der Waals surface area (Å²) >= 11 is 0. The molecule has 0 saturated heterocycles. The molecule has 5 heteroatoms. The van der Waals surface area contributed by atoms with Crippen molar-refractivity contribution < 1.29 is 65.4 Å². The van der Waals surface area contributed by atoms with E-state index in [1.165, 1.54) is 0 Å². The molecule has 0 radical (unpaired) electrons. The van der Waals surface area contributed by atoms with E-state index >= 15 is 0 Å². The van der Waals surface area contributed by atoms with Crippen LogP contribution in [0.15, 0.2) is 30.3 Å². The normalized spacial score (nSPS) is 10.5. The Labute approximate surface area is 135 Å². The number of para-hydroxylation sites is 1. The third-order valence-electron chi connectivity index (χ3n) is 1.71. The van der Waals surface area contributed by atoms with E-state index in [-0.39, 0.29) is 58.6 Å². The van der Waals surface area contributed by atoms with Gasteiger partial charge in [0.25, 0.3) is 0 Å². The zero-order valence-electron chi connectivity index (χ0n) is 10.1. The summed E-state index contributed by atoms with van der Waals surface area (Å²) in [6, 6.07) is 8.55. The molecule has 0 heterocycles. The van der Waals surface area contributed by atoms with Gasteiger partial charge in [-0.15, -0.1) is 0 Å². The Balaban J connectivity index is 0. The standard InChI is InChI=1S/C10H14O3S.K.H/c1-2-3-9-14(11,12)13-10-7-5-4-6-8-10;;/h4-8H,2-3,9H2,1H3;;/q;+1;-1. The van der Waals surface area contributed by atoms with Crippen LogP contribution in [0.3, 0.4) is 0 Å². The third kappa shape index (κ3) is 6.70. The molecule has 0 aromatic heterocycles. The molecule has 0 bridgehead atoms. The zero-order chi connectivity index (χ0) is 10.4. The number of benzene rings is 1. The average molecular weight is 254 g/mol. The van der Waals surface area contributed by atoms with Gasteiger partial charge in [-0.05, 0) is 18.6 Å². The van der Waals surface area contributed by atoms with Gasteiger partial charge in [0.05, 0.1) is 5.75 Å². The summed E-state index contributed by atoms with van der Waals surface area (Å²) < 4.78 is 27.5. The summed E-state index contributed by atoms with van der Waals surface area (Å²) in [4.78, 5) is 0. The second-order valence-corrected chi connectivity index (χ2v) is 4.70. The molecule has 1 rings (SSSR count). The van der Waals surface area contributed by atoms with Crippen LogP contribution in [0.4, 0.5) is 0 Å². The van der Waals surface area contributed by atoms with Crippen molar-refractivity contribution >= 4 is 10.1 Å². The van der Waals surface area contributed by atoms with Gasteiger partial charge in [-0.1, -0.05) is 31.5 Å². The van der Waals surface area contributed by atoms with Gasteiger partial charge in [-0.2, -0.15) is 8.42 Å². The first-order chi connectivity index (χ1) is 6.64. The Hall–Kier alpha value is 0.606. The number of rotatable bonds is 5. The third-order valence-corrected chi connectivity index (χ3v) is 2.95. The molecule has 0 saturated carbocycles. The Morgan fingerprint density at radius 2 is 1.87 bits per heavy atom. The van der Waals surface area contributed by atoms with E-state index in [1.807, 2.05) is 13.0 Å². The van der Waals surface area contributed by atoms with Crippen LogP contribution >= 0.6 is 0 Å². The molecule has 0 amide bonds. The summed E-state index contributed by atoms with van der Waals surface area (Å²) in [5.41, 5.74) is 0. The van der Waals surface area contributed by atoms with Gasteiger partial charge in [-0.25, -0.2) is 0 Å². The maximum Gasteiger partial charge on any atom is 1.00 e. The fraction of sp³-hybridized carbons (Fsp3) is 0.400. The minimum absolute atomic E-state index is 0. The van der Waals surface area contributed by atoms with Crippen LogP contribution in [0, 0.1) is 0 Å². The van der Waals surface area contributed by atoms with Gasteiger partial charge in [0.1, 0.15) is 5.75 Å². The first kappa shape index (κ1) is 15.6. The fourth-order valence-corrected chi connectivity index (χ4v) is 2.12. The molecule has 3 nitrogen and oxygen atoms in total. The van der Waals surface area contributed by atoms with Crippen molar-refractivity contribution in [2.24, 2.45) is 0 Å². The fourth-order valence-electron chi connectivity index (χ4n) is 0.985. The molecule has 0 atom stereocenters. The van der Waals surface area contributed by atoms with E-state index in [2.05, 4.69) is 0 Å². The van der Waals surface area contributed by atoms with Crippen LogP contribution in [-0.2, 0) is 10.1 Å². The predicted octanol–water partition coefficient (Wildman–Crippen LogP) is -0.688.